The summed E-state index contributed by atoms with van der Waals surface area (Å²) >= 11 is 0. The maximum absolute atomic E-state index is 13.6. The molecule has 0 spiro atoms. The molecule has 0 aromatic heterocycles. The summed E-state index contributed by atoms with van der Waals surface area (Å²) in [5.41, 5.74) is 2.08. The zero-order valence-electron chi connectivity index (χ0n) is 24.1. The second-order valence-corrected chi connectivity index (χ2v) is 10.6. The molecule has 7 heteroatoms. The highest BCUT2D eigenvalue weighted by atomic mass is 16.5. The molecule has 2 aromatic rings. The van der Waals surface area contributed by atoms with Gasteiger partial charge in [0.05, 0.1) is 21.3 Å². The van der Waals surface area contributed by atoms with E-state index in [-0.39, 0.29) is 11.8 Å². The van der Waals surface area contributed by atoms with Crippen LogP contribution in [0.4, 0.5) is 0 Å². The number of benzene rings is 2. The van der Waals surface area contributed by atoms with Crippen molar-refractivity contribution in [2.24, 2.45) is 0 Å². The molecule has 2 aromatic carbocycles. The van der Waals surface area contributed by atoms with Gasteiger partial charge in [-0.2, -0.15) is 0 Å². The fourth-order valence-electron chi connectivity index (χ4n) is 5.28. The van der Waals surface area contributed by atoms with E-state index in [0.717, 1.165) is 29.5 Å². The number of carbonyl (C=O) groups is 2. The minimum absolute atomic E-state index is 0.0119. The lowest BCUT2D eigenvalue weighted by molar-refractivity contribution is -0.166. The van der Waals surface area contributed by atoms with E-state index >= 15 is 0 Å². The Balaban J connectivity index is 1.76. The molecule has 1 fully saturated rings. The first kappa shape index (κ1) is 29.3. The number of piperazine rings is 1. The minimum atomic E-state index is -0.831. The Bertz CT molecular complexity index is 1070. The van der Waals surface area contributed by atoms with Crippen molar-refractivity contribution in [3.63, 3.8) is 0 Å². The smallest absolute Gasteiger partial charge is 0.248 e. The molecule has 0 saturated carbocycles. The van der Waals surface area contributed by atoms with Gasteiger partial charge in [0.25, 0.3) is 0 Å². The summed E-state index contributed by atoms with van der Waals surface area (Å²) in [7, 11) is 6.53. The fraction of sp³-hybridized carbons (Fsp3) is 0.548. The number of nitrogens with zero attached hydrogens (tertiary/aromatic N) is 2. The van der Waals surface area contributed by atoms with Gasteiger partial charge in [-0.1, -0.05) is 63.3 Å². The van der Waals surface area contributed by atoms with Crippen LogP contribution in [-0.2, 0) is 16.0 Å². The average molecular weight is 525 g/mol. The minimum Gasteiger partial charge on any atom is -0.493 e. The topological polar surface area (TPSA) is 68.3 Å². The van der Waals surface area contributed by atoms with Gasteiger partial charge in [-0.25, -0.2) is 0 Å². The highest BCUT2D eigenvalue weighted by molar-refractivity contribution is 5.99. The molecule has 0 aliphatic carbocycles. The predicted molar refractivity (Wildman–Crippen MR) is 151 cm³/mol. The first-order chi connectivity index (χ1) is 18.2. The molecule has 0 unspecified atom stereocenters. The lowest BCUT2D eigenvalue weighted by Crippen LogP contribution is -2.69. The molecule has 1 aliphatic rings. The van der Waals surface area contributed by atoms with Crippen LogP contribution in [0.5, 0.6) is 17.2 Å². The van der Waals surface area contributed by atoms with Gasteiger partial charge >= 0.3 is 0 Å². The third-order valence-corrected chi connectivity index (χ3v) is 7.65. The Labute approximate surface area is 228 Å². The van der Waals surface area contributed by atoms with E-state index in [9.17, 15) is 9.59 Å². The summed E-state index contributed by atoms with van der Waals surface area (Å²) in [4.78, 5) is 30.4. The van der Waals surface area contributed by atoms with E-state index in [2.05, 4.69) is 6.92 Å². The second-order valence-electron chi connectivity index (χ2n) is 10.6. The molecule has 208 valence electrons. The van der Waals surface area contributed by atoms with E-state index in [4.69, 9.17) is 14.2 Å². The van der Waals surface area contributed by atoms with Crippen LogP contribution in [-0.4, -0.2) is 68.1 Å². The molecule has 38 heavy (non-hydrogen) atoms. The first-order valence-corrected chi connectivity index (χ1v) is 13.7. The Morgan fingerprint density at radius 3 is 1.95 bits per heavy atom. The number of unbranched alkanes of at least 4 members (excludes halogenated alkanes) is 5. The molecule has 1 heterocycles. The monoisotopic (exact) mass is 524 g/mol. The standard InChI is InChI=1S/C31H44N2O5/c1-8-9-10-11-12-13-18-33-29(34)25(32(4)30(35)31(33,2)3)19-22-14-16-23(17-15-22)24-20-26(36-5)28(38-7)27(21-24)37-6/h14-17,20-21,25H,8-13,18-19H2,1-7H3/t25-/m0/s1. The molecule has 1 aliphatic heterocycles. The maximum atomic E-state index is 13.6. The Morgan fingerprint density at radius 2 is 1.39 bits per heavy atom. The number of hydrogen-bond donors (Lipinski definition) is 0. The van der Waals surface area contributed by atoms with E-state index in [1.807, 2.05) is 55.1 Å². The zero-order chi connectivity index (χ0) is 27.9. The fourth-order valence-corrected chi connectivity index (χ4v) is 5.28. The number of amides is 2. The Kier molecular flexibility index (Phi) is 10.1. The highest BCUT2D eigenvalue weighted by Gasteiger charge is 2.49. The van der Waals surface area contributed by atoms with Crippen molar-refractivity contribution in [2.75, 3.05) is 34.9 Å². The number of carbonyl (C=O) groups excluding carboxylic acids is 2. The predicted octanol–water partition coefficient (Wildman–Crippen LogP) is 5.73. The summed E-state index contributed by atoms with van der Waals surface area (Å²) in [6.07, 6.45) is 7.33. The van der Waals surface area contributed by atoms with E-state index in [0.29, 0.717) is 30.2 Å². The van der Waals surface area contributed by atoms with Crippen LogP contribution >= 0.6 is 0 Å². The summed E-state index contributed by atoms with van der Waals surface area (Å²) in [6.45, 7) is 6.55. The summed E-state index contributed by atoms with van der Waals surface area (Å²) in [5.74, 6) is 1.74. The average Bonchev–Trinajstić information content (AvgIpc) is 2.93. The molecule has 1 atom stereocenters. The van der Waals surface area contributed by atoms with Gasteiger partial charge in [-0.05, 0) is 49.1 Å². The SMILES string of the molecule is CCCCCCCCN1C(=O)[C@H](Cc2ccc(-c3cc(OC)c(OC)c(OC)c3)cc2)N(C)C(=O)C1(C)C. The van der Waals surface area contributed by atoms with Gasteiger partial charge in [0.15, 0.2) is 11.5 Å². The van der Waals surface area contributed by atoms with Gasteiger partial charge in [0.2, 0.25) is 17.6 Å². The van der Waals surface area contributed by atoms with Crippen LogP contribution in [0.1, 0.15) is 64.9 Å². The molecule has 7 nitrogen and oxygen atoms in total. The quantitative estimate of drug-likeness (QED) is 0.313. The van der Waals surface area contributed by atoms with Crippen molar-refractivity contribution in [1.29, 1.82) is 0 Å². The summed E-state index contributed by atoms with van der Waals surface area (Å²) in [6, 6.07) is 11.4. The number of likely N-dealkylation sites (N-methyl/N-ethyl adjacent to an activating group) is 1. The molecule has 0 bridgehead atoms. The van der Waals surface area contributed by atoms with Crippen LogP contribution < -0.4 is 14.2 Å². The van der Waals surface area contributed by atoms with Crippen molar-refractivity contribution in [1.82, 2.24) is 9.80 Å². The van der Waals surface area contributed by atoms with Crippen molar-refractivity contribution in [2.45, 2.75) is 77.3 Å². The molecule has 0 N–H and O–H groups in total. The Hall–Kier alpha value is -3.22. The molecule has 2 amide bonds. The summed E-state index contributed by atoms with van der Waals surface area (Å²) < 4.78 is 16.4. The van der Waals surface area contributed by atoms with Gasteiger partial charge in [0, 0.05) is 20.0 Å². The first-order valence-electron chi connectivity index (χ1n) is 13.7. The van der Waals surface area contributed by atoms with Gasteiger partial charge in [-0.3, -0.25) is 9.59 Å². The van der Waals surface area contributed by atoms with Gasteiger partial charge in [0.1, 0.15) is 11.6 Å². The highest BCUT2D eigenvalue weighted by Crippen LogP contribution is 2.41. The lowest BCUT2D eigenvalue weighted by Gasteiger charge is -2.48. The van der Waals surface area contributed by atoms with Gasteiger partial charge in [-0.15, -0.1) is 0 Å². The Morgan fingerprint density at radius 1 is 0.816 bits per heavy atom. The van der Waals surface area contributed by atoms with Crippen molar-refractivity contribution < 1.29 is 23.8 Å². The van der Waals surface area contributed by atoms with Crippen LogP contribution in [0, 0.1) is 0 Å². The number of hydrogen-bond acceptors (Lipinski definition) is 5. The number of ether oxygens (including phenoxy) is 3. The number of methoxy groups -OCH3 is 3. The van der Waals surface area contributed by atoms with Crippen LogP contribution in [0.25, 0.3) is 11.1 Å². The van der Waals surface area contributed by atoms with E-state index in [1.165, 1.54) is 25.7 Å². The largest absolute Gasteiger partial charge is 0.493 e. The summed E-state index contributed by atoms with van der Waals surface area (Å²) in [5, 5.41) is 0. The maximum Gasteiger partial charge on any atom is 0.248 e. The molecule has 3 rings (SSSR count). The third kappa shape index (κ3) is 6.25. The van der Waals surface area contributed by atoms with Crippen LogP contribution in [0.3, 0.4) is 0 Å². The van der Waals surface area contributed by atoms with E-state index < -0.39 is 11.6 Å². The lowest BCUT2D eigenvalue weighted by atomic mass is 9.90. The van der Waals surface area contributed by atoms with Crippen molar-refractivity contribution >= 4 is 11.8 Å². The zero-order valence-corrected chi connectivity index (χ0v) is 24.1. The van der Waals surface area contributed by atoms with E-state index in [1.54, 1.807) is 33.3 Å². The van der Waals surface area contributed by atoms with Crippen LogP contribution in [0.15, 0.2) is 36.4 Å². The molecular formula is C31H44N2O5. The van der Waals surface area contributed by atoms with Gasteiger partial charge < -0.3 is 24.0 Å². The van der Waals surface area contributed by atoms with Crippen LogP contribution in [0.2, 0.25) is 0 Å². The second kappa shape index (κ2) is 13.0. The normalized spacial score (nSPS) is 17.1. The molecular weight excluding hydrogens is 480 g/mol. The molecule has 1 saturated heterocycles. The number of rotatable bonds is 13. The third-order valence-electron chi connectivity index (χ3n) is 7.65. The van der Waals surface area contributed by atoms with Crippen molar-refractivity contribution in [3.05, 3.63) is 42.0 Å². The molecule has 0 radical (unpaired) electrons. The van der Waals surface area contributed by atoms with Crippen molar-refractivity contribution in [3.8, 4) is 28.4 Å².